The summed E-state index contributed by atoms with van der Waals surface area (Å²) >= 11 is 1.29. The number of carbonyl (C=O) groups excluding carboxylic acids is 1. The van der Waals surface area contributed by atoms with Gasteiger partial charge in [-0.2, -0.15) is 0 Å². The number of aliphatic hydroxyl groups is 1. The van der Waals surface area contributed by atoms with Gasteiger partial charge in [0.25, 0.3) is 0 Å². The van der Waals surface area contributed by atoms with Crippen LogP contribution >= 0.6 is 11.3 Å². The van der Waals surface area contributed by atoms with Crippen molar-refractivity contribution < 1.29 is 19.8 Å². The molecule has 0 aliphatic carbocycles. The maximum absolute atomic E-state index is 11.5. The number of ketones is 1. The number of aliphatic carboxylic acids is 1. The lowest BCUT2D eigenvalue weighted by Gasteiger charge is -1.93. The Hall–Kier alpha value is -1.46. The second-order valence-electron chi connectivity index (χ2n) is 3.10. The molecule has 0 saturated carbocycles. The van der Waals surface area contributed by atoms with Crippen LogP contribution in [0.25, 0.3) is 6.08 Å². The maximum Gasteiger partial charge on any atom is 0.303 e. The van der Waals surface area contributed by atoms with E-state index in [0.717, 1.165) is 4.88 Å². The van der Waals surface area contributed by atoms with E-state index in [1.165, 1.54) is 11.3 Å². The molecule has 0 aliphatic heterocycles. The van der Waals surface area contributed by atoms with Crippen LogP contribution in [-0.2, 0) is 4.79 Å². The Balaban J connectivity index is 2.59. The summed E-state index contributed by atoms with van der Waals surface area (Å²) < 4.78 is 0. The summed E-state index contributed by atoms with van der Waals surface area (Å²) in [6.07, 6.45) is 3.19. The van der Waals surface area contributed by atoms with Gasteiger partial charge in [0.2, 0.25) is 0 Å². The molecule has 1 aromatic rings. The molecule has 0 unspecified atom stereocenters. The molecule has 16 heavy (non-hydrogen) atoms. The molecule has 1 aromatic heterocycles. The van der Waals surface area contributed by atoms with E-state index in [9.17, 15) is 9.59 Å². The second kappa shape index (κ2) is 6.19. The van der Waals surface area contributed by atoms with Crippen LogP contribution in [0.4, 0.5) is 0 Å². The minimum Gasteiger partial charge on any atom is -0.481 e. The predicted octanol–water partition coefficient (Wildman–Crippen LogP) is 1.80. The van der Waals surface area contributed by atoms with Crippen LogP contribution in [0, 0.1) is 0 Å². The molecule has 2 N–H and O–H groups in total. The monoisotopic (exact) mass is 240 g/mol. The predicted molar refractivity (Wildman–Crippen MR) is 61.6 cm³/mol. The van der Waals surface area contributed by atoms with Crippen molar-refractivity contribution in [3.63, 3.8) is 0 Å². The molecule has 1 heterocycles. The first-order valence-electron chi connectivity index (χ1n) is 4.75. The number of thiophene rings is 1. The Labute approximate surface area is 96.8 Å². The molecule has 1 rings (SSSR count). The summed E-state index contributed by atoms with van der Waals surface area (Å²) in [7, 11) is 0. The summed E-state index contributed by atoms with van der Waals surface area (Å²) in [5.41, 5.74) is 0. The Morgan fingerprint density at radius 2 is 2.06 bits per heavy atom. The smallest absolute Gasteiger partial charge is 0.303 e. The molecule has 0 fully saturated rings. The van der Waals surface area contributed by atoms with Crippen molar-refractivity contribution in [2.24, 2.45) is 0 Å². The zero-order valence-electron chi connectivity index (χ0n) is 8.55. The zero-order valence-corrected chi connectivity index (χ0v) is 9.37. The molecular formula is C11H12O4S. The molecule has 86 valence electrons. The SMILES string of the molecule is O=C(O)CCC(=O)c1ccc(C=CCO)s1. The van der Waals surface area contributed by atoms with E-state index in [-0.39, 0.29) is 25.2 Å². The van der Waals surface area contributed by atoms with E-state index in [0.29, 0.717) is 4.88 Å². The van der Waals surface area contributed by atoms with E-state index >= 15 is 0 Å². The van der Waals surface area contributed by atoms with Gasteiger partial charge in [0.1, 0.15) is 0 Å². The summed E-state index contributed by atoms with van der Waals surface area (Å²) in [6, 6.07) is 3.44. The summed E-state index contributed by atoms with van der Waals surface area (Å²) in [6.45, 7) is -0.0415. The van der Waals surface area contributed by atoms with Gasteiger partial charge in [-0.1, -0.05) is 6.08 Å². The minimum absolute atomic E-state index is 0.0268. The highest BCUT2D eigenvalue weighted by atomic mass is 32.1. The molecule has 4 nitrogen and oxygen atoms in total. The van der Waals surface area contributed by atoms with Gasteiger partial charge in [-0.15, -0.1) is 11.3 Å². The standard InChI is InChI=1S/C11H12O4S/c12-7-1-2-8-3-5-10(16-8)9(13)4-6-11(14)15/h1-3,5,12H,4,6-7H2,(H,14,15). The summed E-state index contributed by atoms with van der Waals surface area (Å²) in [4.78, 5) is 23.2. The van der Waals surface area contributed by atoms with E-state index < -0.39 is 5.97 Å². The molecule has 0 bridgehead atoms. The second-order valence-corrected chi connectivity index (χ2v) is 4.22. The van der Waals surface area contributed by atoms with Crippen LogP contribution in [-0.4, -0.2) is 28.6 Å². The quantitative estimate of drug-likeness (QED) is 0.743. The number of carboxylic acids is 1. The molecule has 0 spiro atoms. The van der Waals surface area contributed by atoms with Gasteiger partial charge in [0.15, 0.2) is 5.78 Å². The van der Waals surface area contributed by atoms with Crippen molar-refractivity contribution in [3.8, 4) is 0 Å². The highest BCUT2D eigenvalue weighted by Crippen LogP contribution is 2.19. The maximum atomic E-state index is 11.5. The third-order valence-electron chi connectivity index (χ3n) is 1.86. The summed E-state index contributed by atoms with van der Waals surface area (Å²) in [5, 5.41) is 17.0. The third-order valence-corrected chi connectivity index (χ3v) is 2.95. The topological polar surface area (TPSA) is 74.6 Å². The van der Waals surface area contributed by atoms with E-state index in [2.05, 4.69) is 0 Å². The Morgan fingerprint density at radius 1 is 1.31 bits per heavy atom. The summed E-state index contributed by atoms with van der Waals surface area (Å²) in [5.74, 6) is -1.12. The molecule has 0 aliphatic rings. The number of hydrogen-bond acceptors (Lipinski definition) is 4. The van der Waals surface area contributed by atoms with Gasteiger partial charge in [0, 0.05) is 11.3 Å². The number of rotatable bonds is 6. The van der Waals surface area contributed by atoms with Gasteiger partial charge in [-0.25, -0.2) is 0 Å². The zero-order chi connectivity index (χ0) is 12.0. The van der Waals surface area contributed by atoms with E-state index in [1.807, 2.05) is 0 Å². The van der Waals surface area contributed by atoms with Gasteiger partial charge >= 0.3 is 5.97 Å². The van der Waals surface area contributed by atoms with Crippen molar-refractivity contribution in [1.82, 2.24) is 0 Å². The molecule has 5 heteroatoms. The Bertz CT molecular complexity index is 406. The number of Topliss-reactive ketones (excluding diaryl/α,β-unsaturated/α-hetero) is 1. The average molecular weight is 240 g/mol. The van der Waals surface area contributed by atoms with Gasteiger partial charge in [-0.3, -0.25) is 9.59 Å². The largest absolute Gasteiger partial charge is 0.481 e. The van der Waals surface area contributed by atoms with Crippen molar-refractivity contribution in [1.29, 1.82) is 0 Å². The fourth-order valence-electron chi connectivity index (χ4n) is 1.10. The lowest BCUT2D eigenvalue weighted by Crippen LogP contribution is -2.01. The average Bonchev–Trinajstić information content (AvgIpc) is 2.71. The normalized spacial score (nSPS) is 10.8. The van der Waals surface area contributed by atoms with Crippen molar-refractivity contribution >= 4 is 29.2 Å². The van der Waals surface area contributed by atoms with Crippen LogP contribution in [0.2, 0.25) is 0 Å². The van der Waals surface area contributed by atoms with Crippen LogP contribution in [0.15, 0.2) is 18.2 Å². The minimum atomic E-state index is -0.967. The van der Waals surface area contributed by atoms with Crippen molar-refractivity contribution in [2.45, 2.75) is 12.8 Å². The Kier molecular flexibility index (Phi) is 4.88. The van der Waals surface area contributed by atoms with Gasteiger partial charge < -0.3 is 10.2 Å². The van der Waals surface area contributed by atoms with Gasteiger partial charge in [0.05, 0.1) is 17.9 Å². The molecular weight excluding hydrogens is 228 g/mol. The lowest BCUT2D eigenvalue weighted by molar-refractivity contribution is -0.136. The van der Waals surface area contributed by atoms with Crippen LogP contribution in [0.1, 0.15) is 27.4 Å². The highest BCUT2D eigenvalue weighted by molar-refractivity contribution is 7.14. The number of carbonyl (C=O) groups is 2. The lowest BCUT2D eigenvalue weighted by atomic mass is 10.2. The van der Waals surface area contributed by atoms with Crippen molar-refractivity contribution in [2.75, 3.05) is 6.61 Å². The number of aliphatic hydroxyl groups excluding tert-OH is 1. The third kappa shape index (κ3) is 3.96. The highest BCUT2D eigenvalue weighted by Gasteiger charge is 2.10. The molecule has 0 atom stereocenters. The van der Waals surface area contributed by atoms with Crippen LogP contribution in [0.5, 0.6) is 0 Å². The number of hydrogen-bond donors (Lipinski definition) is 2. The van der Waals surface area contributed by atoms with Crippen molar-refractivity contribution in [3.05, 3.63) is 28.0 Å². The van der Waals surface area contributed by atoms with Gasteiger partial charge in [-0.05, 0) is 18.2 Å². The number of carboxylic acid groups (broad SMARTS) is 1. The first-order valence-corrected chi connectivity index (χ1v) is 5.57. The van der Waals surface area contributed by atoms with E-state index in [1.54, 1.807) is 24.3 Å². The molecule has 0 saturated heterocycles. The fraction of sp³-hybridized carbons (Fsp3) is 0.273. The molecule has 0 aromatic carbocycles. The molecule has 0 radical (unpaired) electrons. The first kappa shape index (κ1) is 12.6. The fourth-order valence-corrected chi connectivity index (χ4v) is 2.01. The molecule has 0 amide bonds. The van der Waals surface area contributed by atoms with Crippen LogP contribution < -0.4 is 0 Å². The Morgan fingerprint density at radius 3 is 2.69 bits per heavy atom. The van der Waals surface area contributed by atoms with E-state index in [4.69, 9.17) is 10.2 Å². The van der Waals surface area contributed by atoms with Crippen LogP contribution in [0.3, 0.4) is 0 Å². The first-order chi connectivity index (χ1) is 7.63.